The maximum atomic E-state index is 5.32. The van der Waals surface area contributed by atoms with Crippen molar-refractivity contribution in [2.75, 3.05) is 13.9 Å². The summed E-state index contributed by atoms with van der Waals surface area (Å²) in [6.45, 7) is 0.252. The Kier molecular flexibility index (Phi) is 3.95. The van der Waals surface area contributed by atoms with E-state index in [2.05, 4.69) is 32.9 Å². The molecule has 0 saturated heterocycles. The predicted octanol–water partition coefficient (Wildman–Crippen LogP) is 2.07. The SMILES string of the molecule is COCOc1ccc(-c2nnn(C)c2I)cc1. The molecule has 0 spiro atoms. The summed E-state index contributed by atoms with van der Waals surface area (Å²) >= 11 is 2.22. The number of rotatable bonds is 4. The largest absolute Gasteiger partial charge is 0.468 e. The van der Waals surface area contributed by atoms with Gasteiger partial charge in [0, 0.05) is 19.7 Å². The van der Waals surface area contributed by atoms with Crippen LogP contribution in [0.1, 0.15) is 0 Å². The van der Waals surface area contributed by atoms with E-state index in [0.29, 0.717) is 0 Å². The van der Waals surface area contributed by atoms with E-state index in [-0.39, 0.29) is 6.79 Å². The van der Waals surface area contributed by atoms with E-state index in [9.17, 15) is 0 Å². The summed E-state index contributed by atoms with van der Waals surface area (Å²) < 4.78 is 12.9. The van der Waals surface area contributed by atoms with Crippen molar-refractivity contribution in [2.45, 2.75) is 0 Å². The maximum absolute atomic E-state index is 5.32. The quantitative estimate of drug-likeness (QED) is 0.629. The minimum atomic E-state index is 0.252. The molecule has 2 rings (SSSR count). The van der Waals surface area contributed by atoms with Gasteiger partial charge in [0.25, 0.3) is 0 Å². The van der Waals surface area contributed by atoms with Crippen LogP contribution in [0.15, 0.2) is 24.3 Å². The third-order valence-corrected chi connectivity index (χ3v) is 3.44. The van der Waals surface area contributed by atoms with Gasteiger partial charge in [-0.15, -0.1) is 5.10 Å². The van der Waals surface area contributed by atoms with Gasteiger partial charge in [0.1, 0.15) is 15.1 Å². The van der Waals surface area contributed by atoms with Crippen LogP contribution < -0.4 is 4.74 Å². The molecule has 0 unspecified atom stereocenters. The number of hydrogen-bond acceptors (Lipinski definition) is 4. The average molecular weight is 345 g/mol. The second-order valence-corrected chi connectivity index (χ2v) is 4.45. The number of hydrogen-bond donors (Lipinski definition) is 0. The number of benzene rings is 1. The molecule has 1 heterocycles. The van der Waals surface area contributed by atoms with Crippen LogP contribution >= 0.6 is 22.6 Å². The summed E-state index contributed by atoms with van der Waals surface area (Å²) in [5.74, 6) is 0.773. The average Bonchev–Trinajstić information content (AvgIpc) is 2.68. The van der Waals surface area contributed by atoms with E-state index in [1.807, 2.05) is 31.3 Å². The predicted molar refractivity (Wildman–Crippen MR) is 71.7 cm³/mol. The van der Waals surface area contributed by atoms with E-state index < -0.39 is 0 Å². The lowest BCUT2D eigenvalue weighted by Gasteiger charge is -2.04. The van der Waals surface area contributed by atoms with E-state index in [1.54, 1.807) is 11.8 Å². The molecule has 0 aliphatic rings. The first kappa shape index (κ1) is 12.3. The summed E-state index contributed by atoms with van der Waals surface area (Å²) in [5.41, 5.74) is 1.90. The highest BCUT2D eigenvalue weighted by Gasteiger charge is 2.09. The number of halogens is 1. The van der Waals surface area contributed by atoms with Gasteiger partial charge in [-0.1, -0.05) is 5.21 Å². The molecular weight excluding hydrogens is 333 g/mol. The minimum Gasteiger partial charge on any atom is -0.468 e. The van der Waals surface area contributed by atoms with Gasteiger partial charge >= 0.3 is 0 Å². The van der Waals surface area contributed by atoms with Crippen LogP contribution in [0.2, 0.25) is 0 Å². The van der Waals surface area contributed by atoms with E-state index in [4.69, 9.17) is 9.47 Å². The Morgan fingerprint density at radius 2 is 2.00 bits per heavy atom. The maximum Gasteiger partial charge on any atom is 0.188 e. The van der Waals surface area contributed by atoms with Gasteiger partial charge in [0.2, 0.25) is 0 Å². The smallest absolute Gasteiger partial charge is 0.188 e. The van der Waals surface area contributed by atoms with Crippen molar-refractivity contribution in [2.24, 2.45) is 7.05 Å². The van der Waals surface area contributed by atoms with Crippen molar-refractivity contribution in [3.05, 3.63) is 28.0 Å². The molecule has 0 N–H and O–H groups in total. The molecule has 17 heavy (non-hydrogen) atoms. The minimum absolute atomic E-state index is 0.252. The zero-order chi connectivity index (χ0) is 12.3. The zero-order valence-corrected chi connectivity index (χ0v) is 11.7. The number of ether oxygens (including phenoxy) is 2. The molecule has 0 aliphatic heterocycles. The van der Waals surface area contributed by atoms with E-state index >= 15 is 0 Å². The van der Waals surface area contributed by atoms with Crippen molar-refractivity contribution in [1.29, 1.82) is 0 Å². The van der Waals surface area contributed by atoms with Crippen LogP contribution in [0.3, 0.4) is 0 Å². The van der Waals surface area contributed by atoms with Gasteiger partial charge in [-0.2, -0.15) is 0 Å². The van der Waals surface area contributed by atoms with E-state index in [0.717, 1.165) is 20.7 Å². The molecule has 0 radical (unpaired) electrons. The lowest BCUT2D eigenvalue weighted by Crippen LogP contribution is -1.98. The van der Waals surface area contributed by atoms with Gasteiger partial charge in [-0.05, 0) is 46.9 Å². The molecule has 0 atom stereocenters. The molecule has 2 aromatic rings. The lowest BCUT2D eigenvalue weighted by molar-refractivity contribution is 0.0511. The Balaban J connectivity index is 2.20. The topological polar surface area (TPSA) is 49.2 Å². The highest BCUT2D eigenvalue weighted by atomic mass is 127. The third-order valence-electron chi connectivity index (χ3n) is 2.23. The van der Waals surface area contributed by atoms with Crippen molar-refractivity contribution in [1.82, 2.24) is 15.0 Å². The summed E-state index contributed by atoms with van der Waals surface area (Å²) in [5, 5.41) is 8.09. The number of aryl methyl sites for hydroxylation is 1. The van der Waals surface area contributed by atoms with Gasteiger partial charge < -0.3 is 9.47 Å². The normalized spacial score (nSPS) is 10.5. The molecule has 6 heteroatoms. The molecule has 1 aromatic carbocycles. The number of aromatic nitrogens is 3. The van der Waals surface area contributed by atoms with Crippen molar-refractivity contribution < 1.29 is 9.47 Å². The Morgan fingerprint density at radius 1 is 1.29 bits per heavy atom. The number of methoxy groups -OCH3 is 1. The Labute approximate surface area is 113 Å². The first-order valence-corrected chi connectivity index (χ1v) is 6.07. The Morgan fingerprint density at radius 3 is 2.53 bits per heavy atom. The fraction of sp³-hybridized carbons (Fsp3) is 0.273. The highest BCUT2D eigenvalue weighted by molar-refractivity contribution is 14.1. The second-order valence-electron chi connectivity index (χ2n) is 3.43. The fourth-order valence-corrected chi connectivity index (χ4v) is 1.87. The third kappa shape index (κ3) is 2.75. The van der Waals surface area contributed by atoms with Gasteiger partial charge in [0.15, 0.2) is 6.79 Å². The molecule has 0 fully saturated rings. The monoisotopic (exact) mass is 345 g/mol. The van der Waals surface area contributed by atoms with Crippen LogP contribution in [-0.2, 0) is 11.8 Å². The first-order chi connectivity index (χ1) is 8.22. The standard InChI is InChI=1S/C11H12IN3O2/c1-15-11(12)10(13-14-15)8-3-5-9(6-4-8)17-7-16-2/h3-6H,7H2,1-2H3. The van der Waals surface area contributed by atoms with Crippen LogP contribution in [-0.4, -0.2) is 28.9 Å². The zero-order valence-electron chi connectivity index (χ0n) is 9.55. The molecular formula is C11H12IN3O2. The summed E-state index contributed by atoms with van der Waals surface area (Å²) in [6.07, 6.45) is 0. The molecule has 0 saturated carbocycles. The van der Waals surface area contributed by atoms with Crippen LogP contribution in [0.5, 0.6) is 5.75 Å². The fourth-order valence-electron chi connectivity index (χ4n) is 1.36. The highest BCUT2D eigenvalue weighted by Crippen LogP contribution is 2.24. The summed E-state index contributed by atoms with van der Waals surface area (Å²) in [6, 6.07) is 7.69. The molecule has 90 valence electrons. The molecule has 0 aliphatic carbocycles. The van der Waals surface area contributed by atoms with Crippen molar-refractivity contribution >= 4 is 22.6 Å². The molecule has 1 aromatic heterocycles. The van der Waals surface area contributed by atoms with Gasteiger partial charge in [0.05, 0.1) is 0 Å². The van der Waals surface area contributed by atoms with Gasteiger partial charge in [-0.25, -0.2) is 4.68 Å². The van der Waals surface area contributed by atoms with Crippen molar-refractivity contribution in [3.63, 3.8) is 0 Å². The first-order valence-electron chi connectivity index (χ1n) is 4.99. The van der Waals surface area contributed by atoms with Gasteiger partial charge in [-0.3, -0.25) is 0 Å². The summed E-state index contributed by atoms with van der Waals surface area (Å²) in [4.78, 5) is 0. The molecule has 0 amide bonds. The Hall–Kier alpha value is -1.15. The second kappa shape index (κ2) is 5.46. The van der Waals surface area contributed by atoms with Crippen LogP contribution in [0.25, 0.3) is 11.3 Å². The molecule has 0 bridgehead atoms. The number of nitrogens with zero attached hydrogens (tertiary/aromatic N) is 3. The van der Waals surface area contributed by atoms with Crippen molar-refractivity contribution in [3.8, 4) is 17.0 Å². The van der Waals surface area contributed by atoms with Crippen LogP contribution in [0, 0.1) is 3.70 Å². The molecule has 5 nitrogen and oxygen atoms in total. The Bertz CT molecular complexity index is 496. The summed E-state index contributed by atoms with van der Waals surface area (Å²) in [7, 11) is 3.46. The van der Waals surface area contributed by atoms with E-state index in [1.165, 1.54) is 0 Å². The lowest BCUT2D eigenvalue weighted by atomic mass is 10.2. The van der Waals surface area contributed by atoms with Crippen LogP contribution in [0.4, 0.5) is 0 Å².